The van der Waals surface area contributed by atoms with E-state index in [9.17, 15) is 9.59 Å². The van der Waals surface area contributed by atoms with Crippen molar-refractivity contribution in [1.29, 1.82) is 0 Å². The number of benzene rings is 2. The molecule has 2 rings (SSSR count). The number of hydrogen-bond acceptors (Lipinski definition) is 3. The fourth-order valence-electron chi connectivity index (χ4n) is 2.20. The first-order valence-corrected chi connectivity index (χ1v) is 8.84. The minimum Gasteiger partial charge on any atom is -0.459 e. The maximum Gasteiger partial charge on any atom is 0.325 e. The molecule has 5 heteroatoms. The summed E-state index contributed by atoms with van der Waals surface area (Å²) in [7, 11) is 0. The Morgan fingerprint density at radius 1 is 1.04 bits per heavy atom. The van der Waals surface area contributed by atoms with Crippen LogP contribution in [0.3, 0.4) is 0 Å². The quantitative estimate of drug-likeness (QED) is 0.760. The number of amides is 1. The summed E-state index contributed by atoms with van der Waals surface area (Å²) >= 11 is 3.40. The van der Waals surface area contributed by atoms with Crippen LogP contribution in [0.1, 0.15) is 42.3 Å². The largest absolute Gasteiger partial charge is 0.459 e. The lowest BCUT2D eigenvalue weighted by atomic mass is 9.87. The number of carbonyl (C=O) groups excluding carboxylic acids is 2. The molecule has 0 aliphatic heterocycles. The van der Waals surface area contributed by atoms with Crippen molar-refractivity contribution in [2.75, 3.05) is 6.54 Å². The number of esters is 1. The van der Waals surface area contributed by atoms with Crippen molar-refractivity contribution in [3.8, 4) is 0 Å². The van der Waals surface area contributed by atoms with Crippen LogP contribution in [0, 0.1) is 0 Å². The molecule has 0 heterocycles. The van der Waals surface area contributed by atoms with Crippen LogP contribution in [-0.2, 0) is 21.6 Å². The van der Waals surface area contributed by atoms with E-state index >= 15 is 0 Å². The molecule has 25 heavy (non-hydrogen) atoms. The van der Waals surface area contributed by atoms with E-state index in [1.807, 2.05) is 36.4 Å². The van der Waals surface area contributed by atoms with E-state index in [1.54, 1.807) is 12.1 Å². The van der Waals surface area contributed by atoms with Gasteiger partial charge in [-0.1, -0.05) is 67.0 Å². The maximum absolute atomic E-state index is 12.1. The van der Waals surface area contributed by atoms with E-state index in [1.165, 1.54) is 0 Å². The first-order valence-electron chi connectivity index (χ1n) is 8.05. The molecule has 0 bridgehead atoms. The minimum absolute atomic E-state index is 0.0323. The standard InChI is InChI=1S/C20H22BrNO3/c1-20(2,3)16-10-8-14(9-11-16)19(24)22-12-18(23)25-13-15-6-4-5-7-17(15)21/h4-11H,12-13H2,1-3H3,(H,22,24). The Labute approximate surface area is 156 Å². The van der Waals surface area contributed by atoms with Gasteiger partial charge in [0.2, 0.25) is 0 Å². The van der Waals surface area contributed by atoms with Gasteiger partial charge in [0.1, 0.15) is 13.2 Å². The second-order valence-corrected chi connectivity index (χ2v) is 7.62. The average Bonchev–Trinajstić information content (AvgIpc) is 2.58. The molecule has 132 valence electrons. The average molecular weight is 404 g/mol. The monoisotopic (exact) mass is 403 g/mol. The van der Waals surface area contributed by atoms with Crippen molar-refractivity contribution in [3.05, 3.63) is 69.7 Å². The zero-order chi connectivity index (χ0) is 18.4. The number of rotatable bonds is 5. The van der Waals surface area contributed by atoms with Gasteiger partial charge in [0.25, 0.3) is 5.91 Å². The molecule has 0 saturated heterocycles. The van der Waals surface area contributed by atoms with Crippen molar-refractivity contribution >= 4 is 27.8 Å². The summed E-state index contributed by atoms with van der Waals surface area (Å²) in [6.07, 6.45) is 0. The predicted octanol–water partition coefficient (Wildman–Crippen LogP) is 4.22. The molecule has 2 aromatic rings. The number of nitrogens with one attached hydrogen (secondary N) is 1. The molecule has 0 fully saturated rings. The van der Waals surface area contributed by atoms with Gasteiger partial charge in [0.15, 0.2) is 0 Å². The van der Waals surface area contributed by atoms with Crippen molar-refractivity contribution in [3.63, 3.8) is 0 Å². The molecular formula is C20H22BrNO3. The van der Waals surface area contributed by atoms with Crippen LogP contribution in [0.4, 0.5) is 0 Å². The normalized spacial score (nSPS) is 11.0. The minimum atomic E-state index is -0.476. The Morgan fingerprint density at radius 2 is 1.68 bits per heavy atom. The third kappa shape index (κ3) is 5.71. The summed E-state index contributed by atoms with van der Waals surface area (Å²) in [5.74, 6) is -0.770. The molecule has 0 spiro atoms. The zero-order valence-electron chi connectivity index (χ0n) is 14.6. The highest BCUT2D eigenvalue weighted by Crippen LogP contribution is 2.22. The maximum atomic E-state index is 12.1. The molecule has 1 N–H and O–H groups in total. The summed E-state index contributed by atoms with van der Waals surface area (Å²) in [5.41, 5.74) is 2.58. The number of halogens is 1. The topological polar surface area (TPSA) is 55.4 Å². The van der Waals surface area contributed by atoms with E-state index in [4.69, 9.17) is 4.74 Å². The Kier molecular flexibility index (Phi) is 6.37. The molecule has 0 saturated carbocycles. The van der Waals surface area contributed by atoms with E-state index in [-0.39, 0.29) is 24.5 Å². The lowest BCUT2D eigenvalue weighted by molar-refractivity contribution is -0.143. The van der Waals surface area contributed by atoms with Crippen molar-refractivity contribution in [2.24, 2.45) is 0 Å². The Hall–Kier alpha value is -2.14. The Morgan fingerprint density at radius 3 is 2.28 bits per heavy atom. The van der Waals surface area contributed by atoms with Gasteiger partial charge < -0.3 is 10.1 Å². The highest BCUT2D eigenvalue weighted by Gasteiger charge is 2.15. The van der Waals surface area contributed by atoms with Crippen LogP contribution in [0.5, 0.6) is 0 Å². The summed E-state index contributed by atoms with van der Waals surface area (Å²) in [6, 6.07) is 14.9. The number of carbonyl (C=O) groups is 2. The molecule has 0 aliphatic carbocycles. The summed E-state index contributed by atoms with van der Waals surface area (Å²) in [5, 5.41) is 2.58. The van der Waals surface area contributed by atoms with Crippen LogP contribution in [0.25, 0.3) is 0 Å². The van der Waals surface area contributed by atoms with Crippen LogP contribution < -0.4 is 5.32 Å². The first-order chi connectivity index (χ1) is 11.8. The van der Waals surface area contributed by atoms with Gasteiger partial charge in [-0.25, -0.2) is 0 Å². The summed E-state index contributed by atoms with van der Waals surface area (Å²) in [6.45, 7) is 6.34. The second kappa shape index (κ2) is 8.30. The van der Waals surface area contributed by atoms with Gasteiger partial charge >= 0.3 is 5.97 Å². The third-order valence-corrected chi connectivity index (χ3v) is 4.53. The molecule has 0 aromatic heterocycles. The summed E-state index contributed by atoms with van der Waals surface area (Å²) in [4.78, 5) is 23.9. The van der Waals surface area contributed by atoms with Gasteiger partial charge in [0.05, 0.1) is 0 Å². The molecule has 0 aliphatic rings. The van der Waals surface area contributed by atoms with E-state index in [2.05, 4.69) is 42.0 Å². The second-order valence-electron chi connectivity index (χ2n) is 6.76. The Balaban J connectivity index is 1.83. The fourth-order valence-corrected chi connectivity index (χ4v) is 2.60. The molecular weight excluding hydrogens is 382 g/mol. The summed E-state index contributed by atoms with van der Waals surface area (Å²) < 4.78 is 6.06. The van der Waals surface area contributed by atoms with E-state index < -0.39 is 5.97 Å². The zero-order valence-corrected chi connectivity index (χ0v) is 16.2. The molecule has 1 amide bonds. The lowest BCUT2D eigenvalue weighted by Crippen LogP contribution is -2.30. The van der Waals surface area contributed by atoms with E-state index in [0.717, 1.165) is 15.6 Å². The van der Waals surface area contributed by atoms with Crippen LogP contribution in [-0.4, -0.2) is 18.4 Å². The van der Waals surface area contributed by atoms with Crippen molar-refractivity contribution < 1.29 is 14.3 Å². The molecule has 0 unspecified atom stereocenters. The van der Waals surface area contributed by atoms with Gasteiger partial charge in [0, 0.05) is 15.6 Å². The molecule has 2 aromatic carbocycles. The van der Waals surface area contributed by atoms with Crippen molar-refractivity contribution in [1.82, 2.24) is 5.32 Å². The van der Waals surface area contributed by atoms with Crippen molar-refractivity contribution in [2.45, 2.75) is 32.8 Å². The number of ether oxygens (including phenoxy) is 1. The smallest absolute Gasteiger partial charge is 0.325 e. The fraction of sp³-hybridized carbons (Fsp3) is 0.300. The predicted molar refractivity (Wildman–Crippen MR) is 101 cm³/mol. The molecule has 0 radical (unpaired) electrons. The van der Waals surface area contributed by atoms with Crippen LogP contribution in [0.2, 0.25) is 0 Å². The van der Waals surface area contributed by atoms with E-state index in [0.29, 0.717) is 5.56 Å². The Bertz CT molecular complexity index is 748. The van der Waals surface area contributed by atoms with Crippen LogP contribution >= 0.6 is 15.9 Å². The van der Waals surface area contributed by atoms with Gasteiger partial charge in [-0.15, -0.1) is 0 Å². The third-order valence-electron chi connectivity index (χ3n) is 3.75. The van der Waals surface area contributed by atoms with Gasteiger partial charge in [-0.2, -0.15) is 0 Å². The van der Waals surface area contributed by atoms with Gasteiger partial charge in [-0.05, 0) is 29.2 Å². The SMILES string of the molecule is CC(C)(C)c1ccc(C(=O)NCC(=O)OCc2ccccc2Br)cc1. The highest BCUT2D eigenvalue weighted by molar-refractivity contribution is 9.10. The van der Waals surface area contributed by atoms with Gasteiger partial charge in [-0.3, -0.25) is 9.59 Å². The molecule has 4 nitrogen and oxygen atoms in total. The highest BCUT2D eigenvalue weighted by atomic mass is 79.9. The van der Waals surface area contributed by atoms with Crippen LogP contribution in [0.15, 0.2) is 53.0 Å². The molecule has 0 atom stereocenters. The number of hydrogen-bond donors (Lipinski definition) is 1. The lowest BCUT2D eigenvalue weighted by Gasteiger charge is -2.19. The first kappa shape index (κ1) is 19.2.